The molecule has 2 aromatic carbocycles. The number of halogens is 4. The molecule has 0 unspecified atom stereocenters. The van der Waals surface area contributed by atoms with Crippen LogP contribution in [0.25, 0.3) is 0 Å². The molecule has 3 fully saturated rings. The molecule has 1 aliphatic heterocycles. The highest BCUT2D eigenvalue weighted by Crippen LogP contribution is 2.47. The minimum atomic E-state index is -3.19. The van der Waals surface area contributed by atoms with Crippen LogP contribution < -0.4 is 4.74 Å². The van der Waals surface area contributed by atoms with Crippen molar-refractivity contribution in [3.63, 3.8) is 0 Å². The second kappa shape index (κ2) is 11.5. The third-order valence-electron chi connectivity index (χ3n) is 8.55. The molecule has 2 saturated carbocycles. The Bertz CT molecular complexity index is 1020. The van der Waals surface area contributed by atoms with Crippen LogP contribution >= 0.6 is 11.6 Å². The van der Waals surface area contributed by atoms with Crippen LogP contribution in [0.15, 0.2) is 42.5 Å². The van der Waals surface area contributed by atoms with Crippen molar-refractivity contribution >= 4 is 11.6 Å². The summed E-state index contributed by atoms with van der Waals surface area (Å²) in [6.07, 6.45) is 2.75. The lowest BCUT2D eigenvalue weighted by atomic mass is 9.68. The second-order valence-corrected chi connectivity index (χ2v) is 11.7. The van der Waals surface area contributed by atoms with Gasteiger partial charge in [0, 0.05) is 16.5 Å². The first-order valence-electron chi connectivity index (χ1n) is 13.6. The molecule has 0 radical (unpaired) electrons. The number of rotatable bonds is 6. The van der Waals surface area contributed by atoms with Gasteiger partial charge in [0.15, 0.2) is 6.29 Å². The van der Waals surface area contributed by atoms with Gasteiger partial charge in [0.1, 0.15) is 11.6 Å². The van der Waals surface area contributed by atoms with Crippen molar-refractivity contribution in [2.24, 2.45) is 23.7 Å². The van der Waals surface area contributed by atoms with Crippen LogP contribution in [0, 0.1) is 29.5 Å². The van der Waals surface area contributed by atoms with E-state index in [4.69, 9.17) is 25.8 Å². The Morgan fingerprint density at radius 1 is 0.838 bits per heavy atom. The summed E-state index contributed by atoms with van der Waals surface area (Å²) < 4.78 is 61.1. The van der Waals surface area contributed by atoms with Crippen molar-refractivity contribution in [3.05, 3.63) is 64.4 Å². The van der Waals surface area contributed by atoms with Crippen LogP contribution in [0.1, 0.15) is 81.6 Å². The largest absolute Gasteiger partial charge is 0.432 e. The van der Waals surface area contributed by atoms with E-state index >= 15 is 4.39 Å². The van der Waals surface area contributed by atoms with Crippen LogP contribution in [0.2, 0.25) is 5.02 Å². The molecule has 5 rings (SSSR count). The molecule has 1 heterocycles. The van der Waals surface area contributed by atoms with E-state index in [0.29, 0.717) is 48.8 Å². The third kappa shape index (κ3) is 6.46. The highest BCUT2D eigenvalue weighted by atomic mass is 35.5. The van der Waals surface area contributed by atoms with Gasteiger partial charge in [-0.15, -0.1) is 0 Å². The summed E-state index contributed by atoms with van der Waals surface area (Å²) in [6, 6.07) is 11.5. The maximum atomic E-state index is 15.0. The topological polar surface area (TPSA) is 27.7 Å². The fourth-order valence-electron chi connectivity index (χ4n) is 6.38. The molecule has 0 N–H and O–H groups in total. The number of ether oxygens (including phenoxy) is 3. The van der Waals surface area contributed by atoms with Crippen molar-refractivity contribution in [1.29, 1.82) is 0 Å². The van der Waals surface area contributed by atoms with Gasteiger partial charge in [-0.25, -0.2) is 4.39 Å². The predicted octanol–water partition coefficient (Wildman–Crippen LogP) is 8.91. The Labute approximate surface area is 222 Å². The molecule has 37 heavy (non-hydrogen) atoms. The third-order valence-corrected chi connectivity index (χ3v) is 8.81. The van der Waals surface area contributed by atoms with Crippen molar-refractivity contribution in [2.45, 2.75) is 76.6 Å². The lowest BCUT2D eigenvalue weighted by Crippen LogP contribution is -2.38. The van der Waals surface area contributed by atoms with E-state index in [1.807, 2.05) is 12.1 Å². The fraction of sp³-hybridized carbons (Fsp3) is 0.600. The van der Waals surface area contributed by atoms with Gasteiger partial charge in [-0.05, 0) is 105 Å². The molecule has 7 heteroatoms. The van der Waals surface area contributed by atoms with E-state index in [2.05, 4.69) is 6.92 Å². The van der Waals surface area contributed by atoms with Gasteiger partial charge in [0.25, 0.3) is 0 Å². The normalized spacial score (nSPS) is 31.2. The summed E-state index contributed by atoms with van der Waals surface area (Å²) in [6.45, 7) is 3.30. The molecular formula is C30H36ClF3O3. The summed E-state index contributed by atoms with van der Waals surface area (Å²) >= 11 is 5.84. The first-order valence-corrected chi connectivity index (χ1v) is 14.0. The molecule has 0 aromatic heterocycles. The van der Waals surface area contributed by atoms with Crippen molar-refractivity contribution < 1.29 is 27.4 Å². The highest BCUT2D eigenvalue weighted by molar-refractivity contribution is 6.30. The monoisotopic (exact) mass is 536 g/mol. The van der Waals surface area contributed by atoms with E-state index in [9.17, 15) is 8.78 Å². The van der Waals surface area contributed by atoms with Gasteiger partial charge >= 0.3 is 6.11 Å². The average Bonchev–Trinajstić information content (AvgIpc) is 2.90. The van der Waals surface area contributed by atoms with Crippen LogP contribution in [-0.4, -0.2) is 19.3 Å². The van der Waals surface area contributed by atoms with E-state index in [0.717, 1.165) is 49.7 Å². The summed E-state index contributed by atoms with van der Waals surface area (Å²) in [5, 5.41) is 0.490. The first kappa shape index (κ1) is 26.8. The highest BCUT2D eigenvalue weighted by Gasteiger charge is 2.45. The molecular weight excluding hydrogens is 501 g/mol. The molecule has 3 aliphatic rings. The summed E-state index contributed by atoms with van der Waals surface area (Å²) in [4.78, 5) is 0. The summed E-state index contributed by atoms with van der Waals surface area (Å²) in [5.74, 6) is 0.717. The van der Waals surface area contributed by atoms with Gasteiger partial charge in [-0.1, -0.05) is 30.7 Å². The maximum Gasteiger partial charge on any atom is 0.400 e. The molecule has 202 valence electrons. The number of alkyl halides is 2. The molecule has 0 spiro atoms. The standard InChI is InChI=1S/C30H36ClF3O3/c1-19-17-35-29(36-18-19)23-8-15-27(28(32)16-23)22-4-2-20(3-5-22)21-6-9-24(10-7-21)30(33,34)37-26-13-11-25(31)12-14-26/h8,11-16,19-22,24,29H,2-7,9-10,17-18H2,1H3. The second-order valence-electron chi connectivity index (χ2n) is 11.2. The SMILES string of the molecule is CC1COC(c2ccc(C3CCC(C4CCC(C(F)(F)Oc5ccc(Cl)cc5)CC4)CC3)c(F)c2)OC1. The molecule has 0 bridgehead atoms. The van der Waals surface area contributed by atoms with Gasteiger partial charge in [-0.2, -0.15) is 8.78 Å². The van der Waals surface area contributed by atoms with Gasteiger partial charge < -0.3 is 14.2 Å². The predicted molar refractivity (Wildman–Crippen MR) is 137 cm³/mol. The van der Waals surface area contributed by atoms with Gasteiger partial charge in [0.2, 0.25) is 0 Å². The molecule has 1 saturated heterocycles. The van der Waals surface area contributed by atoms with Crippen LogP contribution in [0.5, 0.6) is 5.75 Å². The Morgan fingerprint density at radius 2 is 1.43 bits per heavy atom. The number of hydrogen-bond acceptors (Lipinski definition) is 3. The fourth-order valence-corrected chi connectivity index (χ4v) is 6.51. The van der Waals surface area contributed by atoms with E-state index in [1.54, 1.807) is 18.2 Å². The van der Waals surface area contributed by atoms with Crippen LogP contribution in [-0.2, 0) is 9.47 Å². The smallest absolute Gasteiger partial charge is 0.400 e. The quantitative estimate of drug-likeness (QED) is 0.369. The Kier molecular flexibility index (Phi) is 8.37. The summed E-state index contributed by atoms with van der Waals surface area (Å²) in [5.41, 5.74) is 1.50. The maximum absolute atomic E-state index is 15.0. The van der Waals surface area contributed by atoms with E-state index in [1.165, 1.54) is 12.1 Å². The average molecular weight is 537 g/mol. The molecule has 0 amide bonds. The van der Waals surface area contributed by atoms with Crippen molar-refractivity contribution in [3.8, 4) is 5.75 Å². The van der Waals surface area contributed by atoms with Crippen LogP contribution in [0.4, 0.5) is 13.2 Å². The minimum absolute atomic E-state index is 0.142. The Balaban J connectivity index is 1.10. The summed E-state index contributed by atoms with van der Waals surface area (Å²) in [7, 11) is 0. The first-order chi connectivity index (χ1) is 17.8. The zero-order valence-corrected chi connectivity index (χ0v) is 22.1. The Hall–Kier alpha value is -1.76. The van der Waals surface area contributed by atoms with Gasteiger partial charge in [0.05, 0.1) is 19.1 Å². The minimum Gasteiger partial charge on any atom is -0.432 e. The lowest BCUT2D eigenvalue weighted by molar-refractivity contribution is -0.224. The van der Waals surface area contributed by atoms with E-state index in [-0.39, 0.29) is 17.5 Å². The zero-order valence-electron chi connectivity index (χ0n) is 21.3. The number of hydrogen-bond donors (Lipinski definition) is 0. The van der Waals surface area contributed by atoms with E-state index < -0.39 is 18.3 Å². The van der Waals surface area contributed by atoms with Gasteiger partial charge in [-0.3, -0.25) is 0 Å². The lowest BCUT2D eigenvalue weighted by Gasteiger charge is -2.39. The molecule has 3 nitrogen and oxygen atoms in total. The molecule has 0 atom stereocenters. The van der Waals surface area contributed by atoms with Crippen LogP contribution in [0.3, 0.4) is 0 Å². The van der Waals surface area contributed by atoms with Crippen molar-refractivity contribution in [1.82, 2.24) is 0 Å². The molecule has 2 aromatic rings. The van der Waals surface area contributed by atoms with Crippen molar-refractivity contribution in [2.75, 3.05) is 13.2 Å². The Morgan fingerprint density at radius 3 is 2.03 bits per heavy atom. The zero-order chi connectivity index (χ0) is 26.0. The number of benzene rings is 2. The molecule has 2 aliphatic carbocycles.